The number of carbonyl (C=O) groups excluding carboxylic acids is 2. The maximum absolute atomic E-state index is 13.3. The molecule has 4 atom stereocenters. The van der Waals surface area contributed by atoms with Gasteiger partial charge in [-0.15, -0.1) is 11.3 Å². The second kappa shape index (κ2) is 7.98. The molecule has 0 saturated carbocycles. The SMILES string of the molecule is Cc1nccc(N2C[C@H]3C[C@@H](C2)[C@H](C(=O)NCc2cccs2)N2C(=O)CCC[C@@H]32)n1. The van der Waals surface area contributed by atoms with E-state index in [1.807, 2.05) is 35.4 Å². The number of carbonyl (C=O) groups is 2. The van der Waals surface area contributed by atoms with Crippen LogP contribution in [0.15, 0.2) is 29.8 Å². The average molecular weight is 426 g/mol. The van der Waals surface area contributed by atoms with Crippen LogP contribution in [0.2, 0.25) is 0 Å². The first-order valence-electron chi connectivity index (χ1n) is 10.8. The smallest absolute Gasteiger partial charge is 0.243 e. The topological polar surface area (TPSA) is 78.4 Å². The van der Waals surface area contributed by atoms with E-state index in [0.29, 0.717) is 18.9 Å². The number of anilines is 1. The molecule has 2 amide bonds. The Hall–Kier alpha value is -2.48. The molecule has 3 aliphatic rings. The van der Waals surface area contributed by atoms with Gasteiger partial charge in [-0.25, -0.2) is 9.97 Å². The fraction of sp³-hybridized carbons (Fsp3) is 0.545. The number of hydrogen-bond donors (Lipinski definition) is 1. The number of nitrogens with zero attached hydrogens (tertiary/aromatic N) is 4. The minimum Gasteiger partial charge on any atom is -0.356 e. The summed E-state index contributed by atoms with van der Waals surface area (Å²) >= 11 is 1.63. The van der Waals surface area contributed by atoms with Crippen LogP contribution in [0.5, 0.6) is 0 Å². The van der Waals surface area contributed by atoms with Gasteiger partial charge >= 0.3 is 0 Å². The molecular formula is C22H27N5O2S. The van der Waals surface area contributed by atoms with Crippen LogP contribution in [0.1, 0.15) is 36.4 Å². The van der Waals surface area contributed by atoms with Crippen molar-refractivity contribution in [2.75, 3.05) is 18.0 Å². The Balaban J connectivity index is 1.41. The van der Waals surface area contributed by atoms with Crippen LogP contribution in [0, 0.1) is 18.8 Å². The van der Waals surface area contributed by atoms with Gasteiger partial charge in [-0.3, -0.25) is 9.59 Å². The van der Waals surface area contributed by atoms with E-state index < -0.39 is 6.04 Å². The maximum Gasteiger partial charge on any atom is 0.243 e. The van der Waals surface area contributed by atoms with Gasteiger partial charge in [0.05, 0.1) is 6.54 Å². The van der Waals surface area contributed by atoms with E-state index in [0.717, 1.165) is 48.9 Å². The average Bonchev–Trinajstić information content (AvgIpc) is 3.26. The number of aryl methyl sites for hydroxylation is 1. The summed E-state index contributed by atoms with van der Waals surface area (Å²) in [5, 5.41) is 5.12. The highest BCUT2D eigenvalue weighted by Gasteiger charge is 2.52. The van der Waals surface area contributed by atoms with Gasteiger partial charge < -0.3 is 15.1 Å². The molecule has 5 rings (SSSR count). The second-order valence-corrected chi connectivity index (χ2v) is 9.66. The van der Waals surface area contributed by atoms with Gasteiger partial charge in [0.15, 0.2) is 0 Å². The third-order valence-electron chi connectivity index (χ3n) is 6.71. The van der Waals surface area contributed by atoms with Gasteiger partial charge in [0.1, 0.15) is 17.7 Å². The highest BCUT2D eigenvalue weighted by molar-refractivity contribution is 7.09. The monoisotopic (exact) mass is 425 g/mol. The number of piperidine rings is 3. The lowest BCUT2D eigenvalue weighted by Gasteiger charge is -2.56. The zero-order valence-electron chi connectivity index (χ0n) is 17.2. The predicted octanol–water partition coefficient (Wildman–Crippen LogP) is 2.37. The van der Waals surface area contributed by atoms with Crippen molar-refractivity contribution < 1.29 is 9.59 Å². The molecule has 3 aliphatic heterocycles. The highest BCUT2D eigenvalue weighted by atomic mass is 32.1. The van der Waals surface area contributed by atoms with Gasteiger partial charge in [0.25, 0.3) is 0 Å². The molecule has 0 aliphatic carbocycles. The van der Waals surface area contributed by atoms with Crippen LogP contribution >= 0.6 is 11.3 Å². The minimum absolute atomic E-state index is 0.0205. The lowest BCUT2D eigenvalue weighted by Crippen LogP contribution is -2.68. The molecule has 0 spiro atoms. The molecule has 3 fully saturated rings. The minimum atomic E-state index is -0.398. The van der Waals surface area contributed by atoms with Crippen molar-refractivity contribution in [3.8, 4) is 0 Å². The summed E-state index contributed by atoms with van der Waals surface area (Å²) in [4.78, 5) is 40.5. The first kappa shape index (κ1) is 19.5. The van der Waals surface area contributed by atoms with Gasteiger partial charge in [-0.05, 0) is 49.6 Å². The summed E-state index contributed by atoms with van der Waals surface area (Å²) in [6.45, 7) is 4.03. The molecular weight excluding hydrogens is 398 g/mol. The Labute approximate surface area is 180 Å². The largest absolute Gasteiger partial charge is 0.356 e. The number of hydrogen-bond acceptors (Lipinski definition) is 6. The van der Waals surface area contributed by atoms with E-state index in [-0.39, 0.29) is 23.8 Å². The number of aromatic nitrogens is 2. The van der Waals surface area contributed by atoms with Crippen molar-refractivity contribution in [1.82, 2.24) is 20.2 Å². The van der Waals surface area contributed by atoms with Crippen LogP contribution < -0.4 is 10.2 Å². The Morgan fingerprint density at radius 1 is 1.30 bits per heavy atom. The molecule has 2 aromatic heterocycles. The van der Waals surface area contributed by atoms with Crippen LogP contribution in [0.25, 0.3) is 0 Å². The van der Waals surface area contributed by atoms with E-state index in [4.69, 9.17) is 0 Å². The molecule has 0 aromatic carbocycles. The van der Waals surface area contributed by atoms with Crippen molar-refractivity contribution in [2.45, 2.75) is 51.2 Å². The molecule has 1 N–H and O–H groups in total. The molecule has 30 heavy (non-hydrogen) atoms. The molecule has 3 saturated heterocycles. The molecule has 158 valence electrons. The van der Waals surface area contributed by atoms with Crippen molar-refractivity contribution in [2.24, 2.45) is 11.8 Å². The summed E-state index contributed by atoms with van der Waals surface area (Å²) in [6.07, 6.45) is 5.24. The first-order chi connectivity index (χ1) is 14.6. The lowest BCUT2D eigenvalue weighted by atomic mass is 9.71. The van der Waals surface area contributed by atoms with Crippen LogP contribution in [-0.4, -0.2) is 51.9 Å². The normalized spacial score (nSPS) is 28.2. The molecule has 0 radical (unpaired) electrons. The number of nitrogens with one attached hydrogen (secondary N) is 1. The first-order valence-corrected chi connectivity index (χ1v) is 11.6. The molecule has 5 heterocycles. The van der Waals surface area contributed by atoms with Crippen molar-refractivity contribution in [3.05, 3.63) is 40.5 Å². The van der Waals surface area contributed by atoms with Crippen molar-refractivity contribution in [1.29, 1.82) is 0 Å². The van der Waals surface area contributed by atoms with Gasteiger partial charge in [-0.1, -0.05) is 6.07 Å². The molecule has 2 bridgehead atoms. The van der Waals surface area contributed by atoms with E-state index in [1.54, 1.807) is 17.5 Å². The third-order valence-corrected chi connectivity index (χ3v) is 7.59. The number of amides is 2. The van der Waals surface area contributed by atoms with E-state index in [9.17, 15) is 9.59 Å². The van der Waals surface area contributed by atoms with E-state index >= 15 is 0 Å². The van der Waals surface area contributed by atoms with Crippen LogP contribution in [-0.2, 0) is 16.1 Å². The highest BCUT2D eigenvalue weighted by Crippen LogP contribution is 2.42. The van der Waals surface area contributed by atoms with Crippen LogP contribution in [0.4, 0.5) is 5.82 Å². The number of fused-ring (bicyclic) bond motifs is 4. The molecule has 7 nitrogen and oxygen atoms in total. The third kappa shape index (κ3) is 3.57. The zero-order chi connectivity index (χ0) is 20.7. The zero-order valence-corrected chi connectivity index (χ0v) is 18.0. The summed E-state index contributed by atoms with van der Waals surface area (Å²) < 4.78 is 0. The van der Waals surface area contributed by atoms with Gasteiger partial charge in [-0.2, -0.15) is 0 Å². The summed E-state index contributed by atoms with van der Waals surface area (Å²) in [6, 6.07) is 5.71. The molecule has 0 unspecified atom stereocenters. The number of thiophene rings is 1. The van der Waals surface area contributed by atoms with Crippen molar-refractivity contribution >= 4 is 29.0 Å². The molecule has 2 aromatic rings. The molecule has 8 heteroatoms. The Morgan fingerprint density at radius 2 is 2.17 bits per heavy atom. The fourth-order valence-electron chi connectivity index (χ4n) is 5.49. The summed E-state index contributed by atoms with van der Waals surface area (Å²) in [5.41, 5.74) is 0. The summed E-state index contributed by atoms with van der Waals surface area (Å²) in [7, 11) is 0. The van der Waals surface area contributed by atoms with Gasteiger partial charge in [0.2, 0.25) is 11.8 Å². The number of rotatable bonds is 4. The maximum atomic E-state index is 13.3. The predicted molar refractivity (Wildman–Crippen MR) is 115 cm³/mol. The quantitative estimate of drug-likeness (QED) is 0.814. The Bertz CT molecular complexity index is 933. The Morgan fingerprint density at radius 3 is 2.97 bits per heavy atom. The fourth-order valence-corrected chi connectivity index (χ4v) is 6.14. The van der Waals surface area contributed by atoms with Crippen molar-refractivity contribution in [3.63, 3.8) is 0 Å². The van der Waals surface area contributed by atoms with E-state index in [2.05, 4.69) is 20.2 Å². The summed E-state index contributed by atoms with van der Waals surface area (Å²) in [5.74, 6) is 2.29. The Kier molecular flexibility index (Phi) is 5.18. The van der Waals surface area contributed by atoms with Crippen LogP contribution in [0.3, 0.4) is 0 Å². The van der Waals surface area contributed by atoms with Gasteiger partial charge in [0, 0.05) is 42.5 Å². The second-order valence-electron chi connectivity index (χ2n) is 8.63. The lowest BCUT2D eigenvalue weighted by molar-refractivity contribution is -0.156. The standard InChI is InChI=1S/C22H27N5O2S/c1-14-23-8-7-19(25-14)26-12-15-10-16(13-26)21(27-18(15)5-2-6-20(27)28)22(29)24-11-17-4-3-9-30-17/h3-4,7-9,15-16,18,21H,2,5-6,10-13H2,1H3,(H,24,29)/t15-,16+,18+,21-/m1/s1. The van der Waals surface area contributed by atoms with E-state index in [1.165, 1.54) is 0 Å².